The lowest BCUT2D eigenvalue weighted by atomic mass is 9.85. The van der Waals surface area contributed by atoms with Gasteiger partial charge < -0.3 is 39.8 Å². The van der Waals surface area contributed by atoms with Crippen LogP contribution in [0.3, 0.4) is 0 Å². The number of anilines is 2. The number of benzene rings is 4. The molecule has 4 amide bonds. The van der Waals surface area contributed by atoms with E-state index in [1.54, 1.807) is 59.9 Å². The Morgan fingerprint density at radius 2 is 1.61 bits per heavy atom. The summed E-state index contributed by atoms with van der Waals surface area (Å²) in [5.41, 5.74) is 2.97. The van der Waals surface area contributed by atoms with Crippen LogP contribution in [0.4, 0.5) is 24.5 Å². The van der Waals surface area contributed by atoms with Crippen molar-refractivity contribution < 1.29 is 51.7 Å². The lowest BCUT2D eigenvalue weighted by Crippen LogP contribution is -2.58. The molecule has 0 radical (unpaired) electrons. The van der Waals surface area contributed by atoms with Gasteiger partial charge in [-0.05, 0) is 116 Å². The van der Waals surface area contributed by atoms with Crippen molar-refractivity contribution in [3.8, 4) is 39.1 Å². The number of thiocarbonyl (C=S) groups is 1. The molecular weight excluding hydrogens is 996 g/mol. The van der Waals surface area contributed by atoms with Crippen LogP contribution in [0.15, 0.2) is 90.4 Å². The summed E-state index contributed by atoms with van der Waals surface area (Å²) in [6.45, 7) is 11.1. The third-order valence-corrected chi connectivity index (χ3v) is 14.2. The van der Waals surface area contributed by atoms with Gasteiger partial charge in [-0.3, -0.25) is 24.1 Å². The van der Waals surface area contributed by atoms with E-state index in [0.717, 1.165) is 49.9 Å². The minimum atomic E-state index is -4.82. The molecule has 2 fully saturated rings. The van der Waals surface area contributed by atoms with Gasteiger partial charge in [-0.25, -0.2) is 4.98 Å². The summed E-state index contributed by atoms with van der Waals surface area (Å²) in [6, 6.07) is 23.1. The number of nitrogens with zero attached hydrogens (tertiary/aromatic N) is 5. The Balaban J connectivity index is 0.867. The Bertz CT molecular complexity index is 2930. The number of aromatic nitrogens is 1. The molecule has 7 rings (SSSR count). The van der Waals surface area contributed by atoms with Crippen LogP contribution in [-0.4, -0.2) is 101 Å². The van der Waals surface area contributed by atoms with Crippen LogP contribution in [0, 0.1) is 23.7 Å². The lowest BCUT2D eigenvalue weighted by Gasteiger charge is -2.35. The smallest absolute Gasteiger partial charge is 0.417 e. The van der Waals surface area contributed by atoms with E-state index >= 15 is 0 Å². The number of halogens is 3. The van der Waals surface area contributed by atoms with Crippen molar-refractivity contribution >= 4 is 63.7 Å². The standard InChI is InChI=1S/C54H58F3N7O8S2/c1-32-46(74-31-60-32)35-12-10-33(11-13-35)28-59-48(67)42-26-40(65)29-62(42)49(68)47(52(2,3)4)61-45(66)30-71-22-8-9-23-72-43-21-17-36(24-44(43)70-7)34-14-18-38(19-15-34)64-51(73)63(50(69)53(64,5)6)39-20-16-37(27-58)41(25-39)54(55,56)57/h10-21,24-25,31,40,42,47,65H,8-9,22-23,26,28-30H2,1-7H3,(H,59,67)(H,61,66)/t40-,42+,47-/m1/s1. The van der Waals surface area contributed by atoms with Crippen LogP contribution in [0.2, 0.25) is 0 Å². The molecule has 3 atom stereocenters. The summed E-state index contributed by atoms with van der Waals surface area (Å²) in [6.07, 6.45) is -4.51. The summed E-state index contributed by atoms with van der Waals surface area (Å²) < 4.78 is 58.8. The van der Waals surface area contributed by atoms with Gasteiger partial charge in [0.2, 0.25) is 17.7 Å². The normalized spacial score (nSPS) is 17.0. The number of ether oxygens (including phenoxy) is 3. The number of likely N-dealkylation sites (tertiary alicyclic amines) is 1. The molecule has 5 aromatic rings. The fourth-order valence-corrected chi connectivity index (χ4v) is 10.2. The average molecular weight is 1050 g/mol. The highest BCUT2D eigenvalue weighted by atomic mass is 32.1. The minimum Gasteiger partial charge on any atom is -0.493 e. The van der Waals surface area contributed by atoms with Crippen LogP contribution in [0.5, 0.6) is 11.5 Å². The molecule has 0 saturated carbocycles. The van der Waals surface area contributed by atoms with E-state index in [4.69, 9.17) is 26.4 Å². The summed E-state index contributed by atoms with van der Waals surface area (Å²) in [4.78, 5) is 63.7. The first kappa shape index (κ1) is 54.8. The maximum Gasteiger partial charge on any atom is 0.417 e. The molecule has 1 aromatic heterocycles. The van der Waals surface area contributed by atoms with Crippen molar-refractivity contribution in [3.63, 3.8) is 0 Å². The molecular formula is C54H58F3N7O8S2. The summed E-state index contributed by atoms with van der Waals surface area (Å²) in [5.74, 6) is -0.912. The third-order valence-electron chi connectivity index (χ3n) is 12.9. The van der Waals surface area contributed by atoms with Crippen molar-refractivity contribution in [2.24, 2.45) is 5.41 Å². The van der Waals surface area contributed by atoms with E-state index in [-0.39, 0.29) is 43.5 Å². The highest BCUT2D eigenvalue weighted by Gasteiger charge is 2.51. The number of methoxy groups -OCH3 is 1. The van der Waals surface area contributed by atoms with Crippen LogP contribution < -0.4 is 29.9 Å². The molecule has 2 aliphatic rings. The quantitative estimate of drug-likeness (QED) is 0.0562. The highest BCUT2D eigenvalue weighted by molar-refractivity contribution is 7.81. The molecule has 3 heterocycles. The van der Waals surface area contributed by atoms with Gasteiger partial charge in [-0.2, -0.15) is 18.4 Å². The number of aryl methyl sites for hydroxylation is 1. The maximum absolute atomic E-state index is 14.0. The zero-order valence-electron chi connectivity index (χ0n) is 42.0. The minimum absolute atomic E-state index is 0.0140. The summed E-state index contributed by atoms with van der Waals surface area (Å²) >= 11 is 7.24. The molecule has 74 heavy (non-hydrogen) atoms. The first-order valence-electron chi connectivity index (χ1n) is 23.9. The van der Waals surface area contributed by atoms with E-state index in [0.29, 0.717) is 36.6 Å². The van der Waals surface area contributed by atoms with E-state index < -0.39 is 70.1 Å². The molecule has 15 nitrogen and oxygen atoms in total. The SMILES string of the molecule is COc1cc(-c2ccc(N3C(=S)N(c4ccc(C#N)c(C(F)(F)F)c4)C(=O)C3(C)C)cc2)ccc1OCCCCOCC(=O)N[C@H](C(=O)N1C[C@H](O)C[C@H]1C(=O)NCc1ccc(-c2scnc2C)cc1)C(C)(C)C. The summed E-state index contributed by atoms with van der Waals surface area (Å²) in [7, 11) is 1.52. The fourth-order valence-electron chi connectivity index (χ4n) is 8.86. The second-order valence-electron chi connectivity index (χ2n) is 19.6. The van der Waals surface area contributed by atoms with Crippen LogP contribution in [0.1, 0.15) is 76.3 Å². The predicted molar refractivity (Wildman–Crippen MR) is 278 cm³/mol. The Morgan fingerprint density at radius 1 is 0.946 bits per heavy atom. The first-order valence-corrected chi connectivity index (χ1v) is 25.2. The van der Waals surface area contributed by atoms with Gasteiger partial charge >= 0.3 is 6.18 Å². The number of carbonyl (C=O) groups is 4. The van der Waals surface area contributed by atoms with E-state index in [1.807, 2.05) is 76.2 Å². The molecule has 0 unspecified atom stereocenters. The molecule has 0 spiro atoms. The van der Waals surface area contributed by atoms with Gasteiger partial charge in [-0.1, -0.05) is 63.2 Å². The van der Waals surface area contributed by atoms with Crippen molar-refractivity contribution in [1.29, 1.82) is 5.26 Å². The van der Waals surface area contributed by atoms with E-state index in [1.165, 1.54) is 18.1 Å². The number of β-amino-alcohol motifs (C(OH)–C–C–N with tert-alkyl or cyclic N) is 1. The van der Waals surface area contributed by atoms with E-state index in [2.05, 4.69) is 15.6 Å². The topological polar surface area (TPSA) is 187 Å². The predicted octanol–water partition coefficient (Wildman–Crippen LogP) is 8.59. The van der Waals surface area contributed by atoms with Gasteiger partial charge in [0.15, 0.2) is 16.6 Å². The molecule has 3 N–H and O–H groups in total. The summed E-state index contributed by atoms with van der Waals surface area (Å²) in [5, 5.41) is 25.6. The number of hydrogen-bond donors (Lipinski definition) is 3. The Labute approximate surface area is 437 Å². The van der Waals surface area contributed by atoms with Gasteiger partial charge in [0, 0.05) is 31.8 Å². The number of unbranched alkanes of at least 4 members (excludes halogenated alkanes) is 1. The maximum atomic E-state index is 14.0. The number of thiazole rings is 1. The molecule has 0 bridgehead atoms. The molecule has 20 heteroatoms. The molecule has 0 aliphatic carbocycles. The zero-order valence-corrected chi connectivity index (χ0v) is 43.7. The fraction of sp³-hybridized carbons (Fsp3) is 0.389. The van der Waals surface area contributed by atoms with Crippen LogP contribution in [0.25, 0.3) is 21.6 Å². The average Bonchev–Trinajstić information content (AvgIpc) is 4.03. The first-order chi connectivity index (χ1) is 35.0. The molecule has 2 saturated heterocycles. The Hall–Kier alpha value is -6.92. The molecule has 4 aromatic carbocycles. The molecule has 2 aliphatic heterocycles. The number of aliphatic hydroxyl groups excluding tert-OH is 1. The second-order valence-corrected chi connectivity index (χ2v) is 20.8. The Morgan fingerprint density at radius 3 is 2.24 bits per heavy atom. The van der Waals surface area contributed by atoms with Gasteiger partial charge in [0.25, 0.3) is 5.91 Å². The number of hydrogen-bond acceptors (Lipinski definition) is 12. The van der Waals surface area contributed by atoms with Crippen molar-refractivity contribution in [1.82, 2.24) is 20.5 Å². The number of nitrogens with one attached hydrogen (secondary N) is 2. The molecule has 390 valence electrons. The Kier molecular flexibility index (Phi) is 16.8. The van der Waals surface area contributed by atoms with Gasteiger partial charge in [0.1, 0.15) is 24.2 Å². The number of carbonyl (C=O) groups excluding carboxylic acids is 4. The number of alkyl halides is 3. The second kappa shape index (κ2) is 22.7. The van der Waals surface area contributed by atoms with E-state index in [9.17, 15) is 42.7 Å². The highest BCUT2D eigenvalue weighted by Crippen LogP contribution is 2.41. The van der Waals surface area contributed by atoms with Crippen molar-refractivity contribution in [3.05, 3.63) is 113 Å². The number of amides is 4. The number of nitriles is 1. The van der Waals surface area contributed by atoms with Crippen molar-refractivity contribution in [2.45, 2.75) is 97.3 Å². The van der Waals surface area contributed by atoms with Crippen LogP contribution >= 0.6 is 23.6 Å². The van der Waals surface area contributed by atoms with Crippen LogP contribution in [-0.2, 0) is 36.6 Å². The lowest BCUT2D eigenvalue weighted by molar-refractivity contribution is -0.144. The number of rotatable bonds is 18. The van der Waals surface area contributed by atoms with Crippen molar-refractivity contribution in [2.75, 3.05) is 43.3 Å². The third kappa shape index (κ3) is 12.2. The monoisotopic (exact) mass is 1050 g/mol. The number of aliphatic hydroxyl groups is 1. The zero-order chi connectivity index (χ0) is 53.7. The largest absolute Gasteiger partial charge is 0.493 e. The van der Waals surface area contributed by atoms with Gasteiger partial charge in [0.05, 0.1) is 58.8 Å². The van der Waals surface area contributed by atoms with Gasteiger partial charge in [-0.15, -0.1) is 11.3 Å².